The normalized spacial score (nSPS) is 16.2. The van der Waals surface area contributed by atoms with Crippen molar-refractivity contribution in [3.8, 4) is 11.5 Å². The first-order valence-electron chi connectivity index (χ1n) is 9.61. The summed E-state index contributed by atoms with van der Waals surface area (Å²) in [6.45, 7) is 3.91. The summed E-state index contributed by atoms with van der Waals surface area (Å²) in [6.07, 6.45) is 3.18. The van der Waals surface area contributed by atoms with Crippen LogP contribution in [-0.2, 0) is 22.5 Å². The molecule has 1 atom stereocenters. The van der Waals surface area contributed by atoms with E-state index in [1.807, 2.05) is 35.4 Å². The van der Waals surface area contributed by atoms with Gasteiger partial charge in [0.15, 0.2) is 11.5 Å². The Kier molecular flexibility index (Phi) is 7.28. The molecule has 1 saturated heterocycles. The number of nitrogens with zero attached hydrogens (tertiary/aromatic N) is 2. The number of ether oxygens (including phenoxy) is 3. The highest BCUT2D eigenvalue weighted by Crippen LogP contribution is 2.31. The van der Waals surface area contributed by atoms with Crippen LogP contribution in [0.25, 0.3) is 0 Å². The van der Waals surface area contributed by atoms with Crippen molar-refractivity contribution in [3.63, 3.8) is 0 Å². The van der Waals surface area contributed by atoms with E-state index < -0.39 is 0 Å². The van der Waals surface area contributed by atoms with E-state index in [0.717, 1.165) is 35.7 Å². The zero-order valence-electron chi connectivity index (χ0n) is 16.8. The SMILES string of the molecule is COc1cccc(CCC(=O)N(Cc2nc(C)cs2)CC2CCCO2)c1OC. The van der Waals surface area contributed by atoms with Gasteiger partial charge in [0.25, 0.3) is 0 Å². The van der Waals surface area contributed by atoms with E-state index in [2.05, 4.69) is 4.98 Å². The van der Waals surface area contributed by atoms with Gasteiger partial charge in [-0.3, -0.25) is 4.79 Å². The number of para-hydroxylation sites is 1. The minimum absolute atomic E-state index is 0.105. The van der Waals surface area contributed by atoms with Gasteiger partial charge >= 0.3 is 0 Å². The monoisotopic (exact) mass is 404 g/mol. The molecule has 0 radical (unpaired) electrons. The van der Waals surface area contributed by atoms with Gasteiger partial charge in [0, 0.05) is 30.6 Å². The molecule has 152 valence electrons. The van der Waals surface area contributed by atoms with Crippen LogP contribution >= 0.6 is 11.3 Å². The Hall–Kier alpha value is -2.12. The maximum Gasteiger partial charge on any atom is 0.223 e. The van der Waals surface area contributed by atoms with Crippen molar-refractivity contribution in [1.82, 2.24) is 9.88 Å². The number of hydrogen-bond acceptors (Lipinski definition) is 6. The zero-order valence-corrected chi connectivity index (χ0v) is 17.6. The van der Waals surface area contributed by atoms with Crippen LogP contribution in [0.2, 0.25) is 0 Å². The smallest absolute Gasteiger partial charge is 0.223 e. The van der Waals surface area contributed by atoms with E-state index >= 15 is 0 Å². The Bertz CT molecular complexity index is 786. The van der Waals surface area contributed by atoms with Gasteiger partial charge in [0.1, 0.15) is 5.01 Å². The molecule has 1 fully saturated rings. The van der Waals surface area contributed by atoms with E-state index in [-0.39, 0.29) is 12.0 Å². The largest absolute Gasteiger partial charge is 0.493 e. The number of carbonyl (C=O) groups is 1. The average Bonchev–Trinajstić information content (AvgIpc) is 3.36. The van der Waals surface area contributed by atoms with Crippen LogP contribution in [-0.4, -0.2) is 49.3 Å². The summed E-state index contributed by atoms with van der Waals surface area (Å²) < 4.78 is 16.6. The van der Waals surface area contributed by atoms with Crippen molar-refractivity contribution >= 4 is 17.2 Å². The first-order chi connectivity index (χ1) is 13.6. The number of rotatable bonds is 9. The van der Waals surface area contributed by atoms with Gasteiger partial charge in [-0.2, -0.15) is 0 Å². The van der Waals surface area contributed by atoms with E-state index in [1.54, 1.807) is 25.6 Å². The Morgan fingerprint density at radius 3 is 2.86 bits per heavy atom. The van der Waals surface area contributed by atoms with Crippen LogP contribution in [0.3, 0.4) is 0 Å². The van der Waals surface area contributed by atoms with E-state index in [9.17, 15) is 4.79 Å². The maximum absolute atomic E-state index is 13.0. The van der Waals surface area contributed by atoms with Crippen molar-refractivity contribution in [1.29, 1.82) is 0 Å². The second-order valence-corrected chi connectivity index (χ2v) is 7.89. The molecule has 1 aromatic heterocycles. The first kappa shape index (κ1) is 20.6. The fourth-order valence-corrected chi connectivity index (χ4v) is 4.26. The van der Waals surface area contributed by atoms with Gasteiger partial charge in [-0.05, 0) is 37.8 Å². The summed E-state index contributed by atoms with van der Waals surface area (Å²) in [4.78, 5) is 19.5. The summed E-state index contributed by atoms with van der Waals surface area (Å²) in [5, 5.41) is 2.98. The lowest BCUT2D eigenvalue weighted by Gasteiger charge is -2.25. The van der Waals surface area contributed by atoms with E-state index in [1.165, 1.54) is 0 Å². The summed E-state index contributed by atoms with van der Waals surface area (Å²) in [6, 6.07) is 5.76. The molecule has 1 amide bonds. The fourth-order valence-electron chi connectivity index (χ4n) is 3.48. The molecule has 28 heavy (non-hydrogen) atoms. The van der Waals surface area contributed by atoms with Crippen LogP contribution < -0.4 is 9.47 Å². The van der Waals surface area contributed by atoms with Crippen molar-refractivity contribution in [3.05, 3.63) is 39.8 Å². The molecule has 7 heteroatoms. The predicted molar refractivity (Wildman–Crippen MR) is 109 cm³/mol. The highest BCUT2D eigenvalue weighted by Gasteiger charge is 2.24. The van der Waals surface area contributed by atoms with Gasteiger partial charge in [-0.15, -0.1) is 11.3 Å². The molecule has 6 nitrogen and oxygen atoms in total. The molecule has 3 rings (SSSR count). The lowest BCUT2D eigenvalue weighted by atomic mass is 10.1. The molecule has 0 saturated carbocycles. The lowest BCUT2D eigenvalue weighted by molar-refractivity contribution is -0.133. The topological polar surface area (TPSA) is 60.9 Å². The molecule has 1 aromatic carbocycles. The standard InChI is InChI=1S/C21H28N2O4S/c1-15-14-28-19(22-15)13-23(12-17-7-5-11-27-17)20(24)10-9-16-6-4-8-18(25-2)21(16)26-3/h4,6,8,14,17H,5,7,9-13H2,1-3H3. The summed E-state index contributed by atoms with van der Waals surface area (Å²) >= 11 is 1.60. The number of thiazole rings is 1. The van der Waals surface area contributed by atoms with E-state index in [0.29, 0.717) is 37.4 Å². The number of methoxy groups -OCH3 is 2. The minimum atomic E-state index is 0.105. The van der Waals surface area contributed by atoms with Crippen molar-refractivity contribution in [2.24, 2.45) is 0 Å². The Morgan fingerprint density at radius 2 is 2.21 bits per heavy atom. The molecule has 0 bridgehead atoms. The molecule has 2 aromatic rings. The predicted octanol–water partition coefficient (Wildman–Crippen LogP) is 3.61. The van der Waals surface area contributed by atoms with Crippen LogP contribution in [0.5, 0.6) is 11.5 Å². The molecular weight excluding hydrogens is 376 g/mol. The highest BCUT2D eigenvalue weighted by atomic mass is 32.1. The minimum Gasteiger partial charge on any atom is -0.493 e. The third kappa shape index (κ3) is 5.23. The van der Waals surface area contributed by atoms with E-state index in [4.69, 9.17) is 14.2 Å². The molecule has 0 aliphatic carbocycles. The quantitative estimate of drug-likeness (QED) is 0.639. The van der Waals surface area contributed by atoms with Crippen LogP contribution in [0, 0.1) is 6.92 Å². The first-order valence-corrected chi connectivity index (χ1v) is 10.5. The molecule has 1 aliphatic heterocycles. The van der Waals surface area contributed by atoms with Gasteiger partial charge in [0.05, 0.1) is 26.9 Å². The maximum atomic E-state index is 13.0. The highest BCUT2D eigenvalue weighted by molar-refractivity contribution is 7.09. The Morgan fingerprint density at radius 1 is 1.36 bits per heavy atom. The van der Waals surface area contributed by atoms with Gasteiger partial charge in [-0.25, -0.2) is 4.98 Å². The number of aryl methyl sites for hydroxylation is 2. The number of carbonyl (C=O) groups excluding carboxylic acids is 1. The van der Waals surface area contributed by atoms with Crippen molar-refractivity contribution in [2.45, 2.75) is 45.3 Å². The third-order valence-corrected chi connectivity index (χ3v) is 5.84. The van der Waals surface area contributed by atoms with Crippen molar-refractivity contribution in [2.75, 3.05) is 27.4 Å². The molecule has 2 heterocycles. The number of aromatic nitrogens is 1. The Balaban J connectivity index is 1.68. The van der Waals surface area contributed by atoms with Crippen molar-refractivity contribution < 1.29 is 19.0 Å². The molecule has 1 unspecified atom stereocenters. The lowest BCUT2D eigenvalue weighted by Crippen LogP contribution is -2.37. The van der Waals surface area contributed by atoms with Crippen LogP contribution in [0.4, 0.5) is 0 Å². The summed E-state index contributed by atoms with van der Waals surface area (Å²) in [5.74, 6) is 1.48. The number of benzene rings is 1. The molecular formula is C21H28N2O4S. The van der Waals surface area contributed by atoms with Gasteiger partial charge in [0.2, 0.25) is 5.91 Å². The fraction of sp³-hybridized carbons (Fsp3) is 0.524. The number of hydrogen-bond donors (Lipinski definition) is 0. The molecule has 0 spiro atoms. The molecule has 1 aliphatic rings. The summed E-state index contributed by atoms with van der Waals surface area (Å²) in [5.41, 5.74) is 1.96. The second kappa shape index (κ2) is 9.89. The van der Waals surface area contributed by atoms with Crippen LogP contribution in [0.1, 0.15) is 35.5 Å². The number of amides is 1. The molecule has 0 N–H and O–H groups in total. The second-order valence-electron chi connectivity index (χ2n) is 6.94. The third-order valence-electron chi connectivity index (χ3n) is 4.89. The van der Waals surface area contributed by atoms with Crippen LogP contribution in [0.15, 0.2) is 23.6 Å². The van der Waals surface area contributed by atoms with Gasteiger partial charge < -0.3 is 19.1 Å². The summed E-state index contributed by atoms with van der Waals surface area (Å²) in [7, 11) is 3.24. The zero-order chi connectivity index (χ0) is 19.9. The Labute approximate surface area is 170 Å². The average molecular weight is 405 g/mol. The van der Waals surface area contributed by atoms with Gasteiger partial charge in [-0.1, -0.05) is 12.1 Å².